The molecular weight excluding hydrogens is 218 g/mol. The molecule has 0 spiro atoms. The zero-order valence-electron chi connectivity index (χ0n) is 10.8. The summed E-state index contributed by atoms with van der Waals surface area (Å²) in [6.45, 7) is 6.59. The van der Waals surface area contributed by atoms with Gasteiger partial charge in [-0.15, -0.1) is 0 Å². The van der Waals surface area contributed by atoms with E-state index in [1.165, 1.54) is 0 Å². The van der Waals surface area contributed by atoms with E-state index < -0.39 is 0 Å². The molecule has 0 aliphatic carbocycles. The third-order valence-electron chi connectivity index (χ3n) is 2.93. The molecule has 1 rings (SSSR count). The number of nitrogens with zero attached hydrogens (tertiary/aromatic N) is 1. The number of hydrogen-bond donors (Lipinski definition) is 2. The quantitative estimate of drug-likeness (QED) is 0.718. The lowest BCUT2D eigenvalue weighted by atomic mass is 10.1. The van der Waals surface area contributed by atoms with Gasteiger partial charge in [0.1, 0.15) is 0 Å². The predicted molar refractivity (Wildman–Crippen MR) is 66.6 cm³/mol. The van der Waals surface area contributed by atoms with Crippen LogP contribution in [0, 0.1) is 0 Å². The highest BCUT2D eigenvalue weighted by Gasteiger charge is 2.22. The van der Waals surface area contributed by atoms with Crippen molar-refractivity contribution < 1.29 is 9.59 Å². The highest BCUT2D eigenvalue weighted by Crippen LogP contribution is 2.09. The number of piperidine rings is 1. The summed E-state index contributed by atoms with van der Waals surface area (Å²) in [5, 5.41) is 5.78. The highest BCUT2D eigenvalue weighted by atomic mass is 16.2. The van der Waals surface area contributed by atoms with Gasteiger partial charge in [-0.25, -0.2) is 0 Å². The largest absolute Gasteiger partial charge is 0.355 e. The molecule has 5 heteroatoms. The molecule has 5 nitrogen and oxygen atoms in total. The summed E-state index contributed by atoms with van der Waals surface area (Å²) in [6.07, 6.45) is 2.57. The van der Waals surface area contributed by atoms with Gasteiger partial charge in [0.25, 0.3) is 0 Å². The zero-order chi connectivity index (χ0) is 12.7. The molecule has 0 aromatic rings. The normalized spacial score (nSPS) is 20.9. The number of likely N-dealkylation sites (N-methyl/N-ethyl adjacent to an activating group) is 1. The minimum absolute atomic E-state index is 0.0648. The maximum atomic E-state index is 11.5. The van der Waals surface area contributed by atoms with Gasteiger partial charge in [-0.2, -0.15) is 0 Å². The van der Waals surface area contributed by atoms with Crippen LogP contribution in [-0.4, -0.2) is 48.9 Å². The lowest BCUT2D eigenvalue weighted by Crippen LogP contribution is -2.50. The Bertz CT molecular complexity index is 268. The Balaban J connectivity index is 2.33. The number of hydrogen-bond acceptors (Lipinski definition) is 3. The van der Waals surface area contributed by atoms with Crippen molar-refractivity contribution in [3.05, 3.63) is 0 Å². The fourth-order valence-electron chi connectivity index (χ4n) is 2.10. The van der Waals surface area contributed by atoms with Gasteiger partial charge in [-0.3, -0.25) is 14.5 Å². The first-order chi connectivity index (χ1) is 8.15. The van der Waals surface area contributed by atoms with Gasteiger partial charge < -0.3 is 10.6 Å². The molecule has 1 heterocycles. The van der Waals surface area contributed by atoms with Crippen molar-refractivity contribution in [3.63, 3.8) is 0 Å². The van der Waals surface area contributed by atoms with Gasteiger partial charge in [0.05, 0.1) is 6.54 Å². The smallest absolute Gasteiger partial charge is 0.234 e. The molecule has 1 fully saturated rings. The van der Waals surface area contributed by atoms with Crippen molar-refractivity contribution in [2.45, 2.75) is 39.2 Å². The summed E-state index contributed by atoms with van der Waals surface area (Å²) in [7, 11) is 0. The number of amides is 2. The van der Waals surface area contributed by atoms with Crippen molar-refractivity contribution in [1.82, 2.24) is 15.5 Å². The van der Waals surface area contributed by atoms with Gasteiger partial charge in [0.15, 0.2) is 0 Å². The molecule has 2 amide bonds. The minimum Gasteiger partial charge on any atom is -0.355 e. The number of carbonyl (C=O) groups excluding carboxylic acids is 2. The van der Waals surface area contributed by atoms with Gasteiger partial charge in [0.2, 0.25) is 11.8 Å². The Morgan fingerprint density at radius 1 is 1.29 bits per heavy atom. The van der Waals surface area contributed by atoms with Gasteiger partial charge >= 0.3 is 0 Å². The first-order valence-electron chi connectivity index (χ1n) is 6.44. The Kier molecular flexibility index (Phi) is 5.97. The summed E-state index contributed by atoms with van der Waals surface area (Å²) >= 11 is 0. The van der Waals surface area contributed by atoms with E-state index in [2.05, 4.69) is 15.5 Å². The highest BCUT2D eigenvalue weighted by molar-refractivity contribution is 5.78. The maximum absolute atomic E-state index is 11.5. The van der Waals surface area contributed by atoms with Gasteiger partial charge in [-0.1, -0.05) is 6.92 Å². The lowest BCUT2D eigenvalue weighted by molar-refractivity contribution is -0.122. The summed E-state index contributed by atoms with van der Waals surface area (Å²) in [4.78, 5) is 24.9. The molecule has 1 saturated heterocycles. The molecule has 0 aromatic carbocycles. The molecule has 2 N–H and O–H groups in total. The Hall–Kier alpha value is -1.10. The van der Waals surface area contributed by atoms with E-state index in [1.807, 2.05) is 13.8 Å². The number of carbonyl (C=O) groups is 2. The molecule has 0 bridgehead atoms. The zero-order valence-corrected chi connectivity index (χ0v) is 10.8. The molecule has 17 heavy (non-hydrogen) atoms. The van der Waals surface area contributed by atoms with E-state index in [4.69, 9.17) is 0 Å². The van der Waals surface area contributed by atoms with E-state index in [0.29, 0.717) is 19.5 Å². The van der Waals surface area contributed by atoms with E-state index in [1.54, 1.807) is 0 Å². The molecular formula is C12H23N3O2. The van der Waals surface area contributed by atoms with Crippen LogP contribution in [0.4, 0.5) is 0 Å². The maximum Gasteiger partial charge on any atom is 0.234 e. The van der Waals surface area contributed by atoms with Crippen molar-refractivity contribution in [3.8, 4) is 0 Å². The molecule has 1 atom stereocenters. The van der Waals surface area contributed by atoms with Gasteiger partial charge in [-0.05, 0) is 26.3 Å². The molecule has 0 radical (unpaired) electrons. The van der Waals surface area contributed by atoms with Crippen LogP contribution in [-0.2, 0) is 9.59 Å². The van der Waals surface area contributed by atoms with Crippen LogP contribution in [0.5, 0.6) is 0 Å². The molecule has 1 aliphatic rings. The van der Waals surface area contributed by atoms with E-state index in [9.17, 15) is 9.59 Å². The predicted octanol–water partition coefficient (Wildman–Crippen LogP) is 0.113. The Morgan fingerprint density at radius 3 is 2.71 bits per heavy atom. The fraction of sp³-hybridized carbons (Fsp3) is 0.833. The average Bonchev–Trinajstić information content (AvgIpc) is 2.29. The van der Waals surface area contributed by atoms with Crippen molar-refractivity contribution >= 4 is 11.8 Å². The van der Waals surface area contributed by atoms with Crippen LogP contribution < -0.4 is 10.6 Å². The van der Waals surface area contributed by atoms with Gasteiger partial charge in [0, 0.05) is 25.6 Å². The third-order valence-corrected chi connectivity index (χ3v) is 2.93. The lowest BCUT2D eigenvalue weighted by Gasteiger charge is -2.32. The summed E-state index contributed by atoms with van der Waals surface area (Å²) < 4.78 is 0. The van der Waals surface area contributed by atoms with Crippen LogP contribution >= 0.6 is 0 Å². The molecule has 0 saturated carbocycles. The number of rotatable bonds is 5. The Morgan fingerprint density at radius 2 is 2.06 bits per heavy atom. The second kappa shape index (κ2) is 7.27. The van der Waals surface area contributed by atoms with Crippen LogP contribution in [0.1, 0.15) is 33.1 Å². The second-order valence-electron chi connectivity index (χ2n) is 4.45. The SMILES string of the molecule is CCNC(=O)CN1CCCC(NC(=O)CC)C1. The first kappa shape index (κ1) is 14.0. The number of nitrogens with one attached hydrogen (secondary N) is 2. The Labute approximate surface area is 103 Å². The standard InChI is InChI=1S/C12H23N3O2/c1-3-11(16)14-10-6-5-7-15(8-10)9-12(17)13-4-2/h10H,3-9H2,1-2H3,(H,13,17)(H,14,16). The van der Waals surface area contributed by atoms with E-state index >= 15 is 0 Å². The molecule has 1 unspecified atom stereocenters. The fourth-order valence-corrected chi connectivity index (χ4v) is 2.10. The third kappa shape index (κ3) is 5.17. The molecule has 98 valence electrons. The van der Waals surface area contributed by atoms with Crippen molar-refractivity contribution in [2.75, 3.05) is 26.2 Å². The summed E-state index contributed by atoms with van der Waals surface area (Å²) in [5.41, 5.74) is 0. The van der Waals surface area contributed by atoms with Crippen LogP contribution in [0.3, 0.4) is 0 Å². The summed E-state index contributed by atoms with van der Waals surface area (Å²) in [6, 6.07) is 0.200. The van der Waals surface area contributed by atoms with E-state index in [-0.39, 0.29) is 17.9 Å². The van der Waals surface area contributed by atoms with Crippen LogP contribution in [0.2, 0.25) is 0 Å². The topological polar surface area (TPSA) is 61.4 Å². The first-order valence-corrected chi connectivity index (χ1v) is 6.44. The van der Waals surface area contributed by atoms with E-state index in [0.717, 1.165) is 25.9 Å². The average molecular weight is 241 g/mol. The van der Waals surface area contributed by atoms with Crippen molar-refractivity contribution in [2.24, 2.45) is 0 Å². The van der Waals surface area contributed by atoms with Crippen LogP contribution in [0.25, 0.3) is 0 Å². The molecule has 1 aliphatic heterocycles. The number of likely N-dealkylation sites (tertiary alicyclic amines) is 1. The van der Waals surface area contributed by atoms with Crippen LogP contribution in [0.15, 0.2) is 0 Å². The molecule has 0 aromatic heterocycles. The monoisotopic (exact) mass is 241 g/mol. The summed E-state index contributed by atoms with van der Waals surface area (Å²) in [5.74, 6) is 0.157. The second-order valence-corrected chi connectivity index (χ2v) is 4.45. The minimum atomic E-state index is 0.0648. The van der Waals surface area contributed by atoms with Crippen molar-refractivity contribution in [1.29, 1.82) is 0 Å².